The summed E-state index contributed by atoms with van der Waals surface area (Å²) in [7, 11) is 0. The largest absolute Gasteiger partial charge is 0.371 e. The van der Waals surface area contributed by atoms with Gasteiger partial charge in [0, 0.05) is 35.8 Å². The van der Waals surface area contributed by atoms with Gasteiger partial charge in [-0.3, -0.25) is 9.59 Å². The zero-order chi connectivity index (χ0) is 18.3. The number of ketones is 1. The van der Waals surface area contributed by atoms with Crippen LogP contribution in [0.25, 0.3) is 10.9 Å². The molecule has 1 aromatic heterocycles. The molecule has 1 amide bonds. The highest BCUT2D eigenvalue weighted by molar-refractivity contribution is 6.07. The predicted octanol–water partition coefficient (Wildman–Crippen LogP) is 3.58. The number of aromatic nitrogens is 1. The number of para-hydroxylation sites is 1. The molecule has 26 heavy (non-hydrogen) atoms. The van der Waals surface area contributed by atoms with Crippen LogP contribution in [-0.2, 0) is 9.53 Å². The molecule has 4 rings (SSSR count). The number of benzene rings is 1. The smallest absolute Gasteiger partial charge is 0.245 e. The van der Waals surface area contributed by atoms with E-state index in [4.69, 9.17) is 4.74 Å². The summed E-state index contributed by atoms with van der Waals surface area (Å²) in [4.78, 5) is 27.2. The minimum Gasteiger partial charge on any atom is -0.371 e. The Morgan fingerprint density at radius 1 is 1.19 bits per heavy atom. The van der Waals surface area contributed by atoms with Gasteiger partial charge in [0.15, 0.2) is 5.78 Å². The fourth-order valence-corrected chi connectivity index (χ4v) is 4.54. The molecule has 0 radical (unpaired) electrons. The predicted molar refractivity (Wildman–Crippen MR) is 100 cm³/mol. The topological polar surface area (TPSA) is 51.5 Å². The van der Waals surface area contributed by atoms with Gasteiger partial charge in [0.05, 0.1) is 12.2 Å². The van der Waals surface area contributed by atoms with Crippen molar-refractivity contribution in [3.8, 4) is 0 Å². The number of hydrogen-bond acceptors (Lipinski definition) is 3. The quantitative estimate of drug-likeness (QED) is 0.792. The number of rotatable bonds is 3. The van der Waals surface area contributed by atoms with Crippen LogP contribution >= 0.6 is 0 Å². The first-order chi connectivity index (χ1) is 12.5. The Morgan fingerprint density at radius 3 is 2.65 bits per heavy atom. The van der Waals surface area contributed by atoms with Crippen LogP contribution in [0.15, 0.2) is 30.5 Å². The minimum atomic E-state index is -0.343. The van der Waals surface area contributed by atoms with E-state index in [9.17, 15) is 9.59 Å². The van der Waals surface area contributed by atoms with E-state index >= 15 is 0 Å². The van der Waals surface area contributed by atoms with E-state index in [-0.39, 0.29) is 23.3 Å². The lowest BCUT2D eigenvalue weighted by molar-refractivity contribution is -0.152. The summed E-state index contributed by atoms with van der Waals surface area (Å²) in [6, 6.07) is 7.45. The van der Waals surface area contributed by atoms with E-state index < -0.39 is 0 Å². The fourth-order valence-electron chi connectivity index (χ4n) is 4.54. The molecule has 2 heterocycles. The van der Waals surface area contributed by atoms with Gasteiger partial charge in [-0.25, -0.2) is 0 Å². The summed E-state index contributed by atoms with van der Waals surface area (Å²) in [5.74, 6) is 0.131. The van der Waals surface area contributed by atoms with Crippen molar-refractivity contribution in [2.45, 2.75) is 51.2 Å². The maximum absolute atomic E-state index is 13.2. The van der Waals surface area contributed by atoms with Gasteiger partial charge in [0.2, 0.25) is 5.91 Å². The molecule has 2 aromatic rings. The standard InChI is InChI=1S/C21H26N2O3/c1-15(20(25)22-11-12-26-21(14-22)9-5-6-10-21)23-13-18(16(2)24)17-7-3-4-8-19(17)23/h3-4,7-8,13,15H,5-6,9-12,14H2,1-2H3/t15-/m1/s1. The van der Waals surface area contributed by atoms with Crippen LogP contribution in [0.1, 0.15) is 55.9 Å². The molecule has 1 saturated carbocycles. The molecule has 0 N–H and O–H groups in total. The maximum Gasteiger partial charge on any atom is 0.245 e. The Hall–Kier alpha value is -2.14. The van der Waals surface area contributed by atoms with Gasteiger partial charge >= 0.3 is 0 Å². The van der Waals surface area contributed by atoms with Gasteiger partial charge in [0.1, 0.15) is 6.04 Å². The van der Waals surface area contributed by atoms with Gasteiger partial charge in [-0.1, -0.05) is 31.0 Å². The highest BCUT2D eigenvalue weighted by Crippen LogP contribution is 2.36. The molecule has 1 aliphatic heterocycles. The second kappa shape index (κ2) is 6.54. The normalized spacial score (nSPS) is 20.6. The molecule has 5 heteroatoms. The van der Waals surface area contributed by atoms with Crippen LogP contribution in [0.4, 0.5) is 0 Å². The van der Waals surface area contributed by atoms with Crippen molar-refractivity contribution >= 4 is 22.6 Å². The number of carbonyl (C=O) groups is 2. The summed E-state index contributed by atoms with van der Waals surface area (Å²) >= 11 is 0. The lowest BCUT2D eigenvalue weighted by atomic mass is 9.99. The zero-order valence-corrected chi connectivity index (χ0v) is 15.5. The summed E-state index contributed by atoms with van der Waals surface area (Å²) < 4.78 is 8.00. The van der Waals surface area contributed by atoms with Gasteiger partial charge in [0.25, 0.3) is 0 Å². The number of nitrogens with zero attached hydrogens (tertiary/aromatic N) is 2. The Morgan fingerprint density at radius 2 is 1.92 bits per heavy atom. The molecule has 0 unspecified atom stereocenters. The molecular formula is C21H26N2O3. The Kier molecular flexibility index (Phi) is 4.35. The third-order valence-corrected chi connectivity index (χ3v) is 5.97. The van der Waals surface area contributed by atoms with Crippen molar-refractivity contribution in [1.29, 1.82) is 0 Å². The molecule has 2 fully saturated rings. The van der Waals surface area contributed by atoms with Crippen LogP contribution in [0.2, 0.25) is 0 Å². The van der Waals surface area contributed by atoms with Gasteiger partial charge in [-0.15, -0.1) is 0 Å². The van der Waals surface area contributed by atoms with Crippen molar-refractivity contribution in [1.82, 2.24) is 9.47 Å². The van der Waals surface area contributed by atoms with Crippen LogP contribution in [0, 0.1) is 0 Å². The van der Waals surface area contributed by atoms with E-state index in [1.54, 1.807) is 6.92 Å². The van der Waals surface area contributed by atoms with Crippen molar-refractivity contribution in [3.05, 3.63) is 36.0 Å². The average Bonchev–Trinajstić information content (AvgIpc) is 3.25. The average molecular weight is 354 g/mol. The molecule has 1 spiro atoms. The Balaban J connectivity index is 1.63. The second-order valence-corrected chi connectivity index (χ2v) is 7.70. The summed E-state index contributed by atoms with van der Waals surface area (Å²) in [5, 5.41) is 0.911. The first-order valence-corrected chi connectivity index (χ1v) is 9.54. The van der Waals surface area contributed by atoms with Crippen molar-refractivity contribution in [3.63, 3.8) is 0 Å². The summed E-state index contributed by atoms with van der Waals surface area (Å²) in [6.45, 7) is 5.45. The molecule has 1 aromatic carbocycles. The molecule has 1 saturated heterocycles. The molecule has 0 bridgehead atoms. The lowest BCUT2D eigenvalue weighted by Gasteiger charge is -2.41. The molecule has 5 nitrogen and oxygen atoms in total. The molecule has 1 atom stereocenters. The monoisotopic (exact) mass is 354 g/mol. The number of carbonyl (C=O) groups excluding carboxylic acids is 2. The van der Waals surface area contributed by atoms with E-state index in [0.29, 0.717) is 25.3 Å². The van der Waals surface area contributed by atoms with Crippen molar-refractivity contribution in [2.24, 2.45) is 0 Å². The van der Waals surface area contributed by atoms with Gasteiger partial charge in [-0.05, 0) is 32.8 Å². The van der Waals surface area contributed by atoms with Gasteiger partial charge < -0.3 is 14.2 Å². The third kappa shape index (κ3) is 2.84. The number of Topliss-reactive ketones (excluding diaryl/α,β-unsaturated/α-hetero) is 1. The molecule has 1 aliphatic carbocycles. The number of ether oxygens (including phenoxy) is 1. The molecule has 2 aliphatic rings. The van der Waals surface area contributed by atoms with Crippen LogP contribution in [-0.4, -0.2) is 46.5 Å². The van der Waals surface area contributed by atoms with E-state index in [1.165, 1.54) is 12.8 Å². The zero-order valence-electron chi connectivity index (χ0n) is 15.5. The lowest BCUT2D eigenvalue weighted by Crippen LogP contribution is -2.53. The SMILES string of the molecule is CC(=O)c1cn([C@H](C)C(=O)N2CCOC3(CCCC3)C2)c2ccccc12. The number of fused-ring (bicyclic) bond motifs is 1. The van der Waals surface area contributed by atoms with Crippen molar-refractivity contribution < 1.29 is 14.3 Å². The first kappa shape index (κ1) is 17.3. The van der Waals surface area contributed by atoms with Crippen LogP contribution in [0.5, 0.6) is 0 Å². The highest BCUT2D eigenvalue weighted by atomic mass is 16.5. The van der Waals surface area contributed by atoms with Crippen molar-refractivity contribution in [2.75, 3.05) is 19.7 Å². The van der Waals surface area contributed by atoms with E-state index in [1.807, 2.05) is 46.9 Å². The highest BCUT2D eigenvalue weighted by Gasteiger charge is 2.41. The summed E-state index contributed by atoms with van der Waals surface area (Å²) in [5.41, 5.74) is 1.48. The van der Waals surface area contributed by atoms with E-state index in [2.05, 4.69) is 0 Å². The Bertz CT molecular complexity index is 848. The number of morpholine rings is 1. The second-order valence-electron chi connectivity index (χ2n) is 7.70. The number of amides is 1. The third-order valence-electron chi connectivity index (χ3n) is 5.97. The van der Waals surface area contributed by atoms with Crippen LogP contribution < -0.4 is 0 Å². The minimum absolute atomic E-state index is 0.0240. The first-order valence-electron chi connectivity index (χ1n) is 9.54. The fraction of sp³-hybridized carbons (Fsp3) is 0.524. The molecular weight excluding hydrogens is 328 g/mol. The maximum atomic E-state index is 13.2. The van der Waals surface area contributed by atoms with E-state index in [0.717, 1.165) is 23.7 Å². The number of hydrogen-bond donors (Lipinski definition) is 0. The summed E-state index contributed by atoms with van der Waals surface area (Å²) in [6.07, 6.45) is 6.29. The van der Waals surface area contributed by atoms with Crippen LogP contribution in [0.3, 0.4) is 0 Å². The van der Waals surface area contributed by atoms with Gasteiger partial charge in [-0.2, -0.15) is 0 Å². The molecule has 138 valence electrons. The Labute approximate surface area is 153 Å².